The number of nitrogens with two attached hydrogens (primary N) is 1. The smallest absolute Gasteiger partial charge is 0.122 e. The third-order valence-electron chi connectivity index (χ3n) is 2.12. The van der Waals surface area contributed by atoms with Crippen molar-refractivity contribution < 1.29 is 4.74 Å². The van der Waals surface area contributed by atoms with Crippen LogP contribution in [0.4, 0.5) is 0 Å². The largest absolute Gasteiger partial charge is 0.496 e. The standard InChI is InChI=1S/C11H16N2O/c1-3-9-6-8(7-11(12)13)4-5-10(9)14-2/h4-6H,3,7H2,1-2H3,(H3,12,13). The molecular formula is C11H16N2O. The number of aryl methyl sites for hydroxylation is 1. The highest BCUT2D eigenvalue weighted by molar-refractivity contribution is 5.79. The van der Waals surface area contributed by atoms with Gasteiger partial charge in [0, 0.05) is 6.42 Å². The summed E-state index contributed by atoms with van der Waals surface area (Å²) in [5.74, 6) is 1.09. The van der Waals surface area contributed by atoms with E-state index in [-0.39, 0.29) is 5.84 Å². The van der Waals surface area contributed by atoms with E-state index < -0.39 is 0 Å². The van der Waals surface area contributed by atoms with Crippen LogP contribution in [-0.2, 0) is 12.8 Å². The number of hydrogen-bond donors (Lipinski definition) is 2. The Balaban J connectivity index is 2.95. The number of amidine groups is 1. The monoisotopic (exact) mass is 192 g/mol. The van der Waals surface area contributed by atoms with Crippen molar-refractivity contribution in [3.63, 3.8) is 0 Å². The number of rotatable bonds is 4. The van der Waals surface area contributed by atoms with E-state index in [1.807, 2.05) is 18.2 Å². The van der Waals surface area contributed by atoms with Crippen LogP contribution in [0.5, 0.6) is 5.75 Å². The van der Waals surface area contributed by atoms with E-state index in [0.717, 1.165) is 23.3 Å². The van der Waals surface area contributed by atoms with Crippen LogP contribution in [0.3, 0.4) is 0 Å². The molecular weight excluding hydrogens is 176 g/mol. The Labute approximate surface area is 84.4 Å². The zero-order valence-electron chi connectivity index (χ0n) is 8.63. The van der Waals surface area contributed by atoms with Crippen LogP contribution in [-0.4, -0.2) is 12.9 Å². The van der Waals surface area contributed by atoms with E-state index in [1.54, 1.807) is 7.11 Å². The Morgan fingerprint density at radius 2 is 2.21 bits per heavy atom. The van der Waals surface area contributed by atoms with Crippen molar-refractivity contribution >= 4 is 5.84 Å². The van der Waals surface area contributed by atoms with Gasteiger partial charge in [0.1, 0.15) is 5.75 Å². The molecule has 0 spiro atoms. The lowest BCUT2D eigenvalue weighted by atomic mass is 10.1. The summed E-state index contributed by atoms with van der Waals surface area (Å²) in [6.45, 7) is 2.08. The molecule has 14 heavy (non-hydrogen) atoms. The van der Waals surface area contributed by atoms with Gasteiger partial charge in [0.15, 0.2) is 0 Å². The number of nitrogens with one attached hydrogen (secondary N) is 1. The molecule has 0 saturated carbocycles. The second-order valence-corrected chi connectivity index (χ2v) is 3.20. The summed E-state index contributed by atoms with van der Waals surface area (Å²) in [6.07, 6.45) is 1.44. The molecule has 0 aliphatic rings. The van der Waals surface area contributed by atoms with Gasteiger partial charge < -0.3 is 10.5 Å². The summed E-state index contributed by atoms with van der Waals surface area (Å²) in [5, 5.41) is 7.20. The SMILES string of the molecule is CCc1cc(CC(=N)N)ccc1OC. The van der Waals surface area contributed by atoms with E-state index in [4.69, 9.17) is 15.9 Å². The molecule has 0 fully saturated rings. The Kier molecular flexibility index (Phi) is 3.51. The van der Waals surface area contributed by atoms with Gasteiger partial charge in [0.05, 0.1) is 12.9 Å². The second-order valence-electron chi connectivity index (χ2n) is 3.20. The van der Waals surface area contributed by atoms with Gasteiger partial charge in [0.25, 0.3) is 0 Å². The second kappa shape index (κ2) is 4.65. The molecule has 0 atom stereocenters. The van der Waals surface area contributed by atoms with Crippen LogP contribution in [0.1, 0.15) is 18.1 Å². The van der Waals surface area contributed by atoms with E-state index in [0.29, 0.717) is 6.42 Å². The first-order valence-corrected chi connectivity index (χ1v) is 4.66. The van der Waals surface area contributed by atoms with Crippen molar-refractivity contribution in [2.24, 2.45) is 5.73 Å². The summed E-state index contributed by atoms with van der Waals surface area (Å²) in [4.78, 5) is 0. The lowest BCUT2D eigenvalue weighted by Gasteiger charge is -2.08. The van der Waals surface area contributed by atoms with Gasteiger partial charge in [-0.3, -0.25) is 5.41 Å². The fourth-order valence-electron chi connectivity index (χ4n) is 1.44. The van der Waals surface area contributed by atoms with Crippen molar-refractivity contribution in [2.45, 2.75) is 19.8 Å². The fourth-order valence-corrected chi connectivity index (χ4v) is 1.44. The first kappa shape index (κ1) is 10.6. The highest BCUT2D eigenvalue weighted by atomic mass is 16.5. The predicted octanol–water partition coefficient (Wildman–Crippen LogP) is 1.74. The van der Waals surface area contributed by atoms with Crippen LogP contribution in [0, 0.1) is 5.41 Å². The lowest BCUT2D eigenvalue weighted by Crippen LogP contribution is -2.12. The van der Waals surface area contributed by atoms with Crippen LogP contribution in [0.25, 0.3) is 0 Å². The topological polar surface area (TPSA) is 59.1 Å². The van der Waals surface area contributed by atoms with Gasteiger partial charge in [-0.1, -0.05) is 19.1 Å². The first-order valence-electron chi connectivity index (χ1n) is 4.66. The van der Waals surface area contributed by atoms with Gasteiger partial charge in [-0.2, -0.15) is 0 Å². The Morgan fingerprint density at radius 3 is 2.71 bits per heavy atom. The molecule has 0 amide bonds. The van der Waals surface area contributed by atoms with Crippen LogP contribution in [0.15, 0.2) is 18.2 Å². The molecule has 3 N–H and O–H groups in total. The Hall–Kier alpha value is -1.51. The van der Waals surface area contributed by atoms with Crippen molar-refractivity contribution in [1.82, 2.24) is 0 Å². The zero-order chi connectivity index (χ0) is 10.6. The molecule has 1 aromatic carbocycles. The van der Waals surface area contributed by atoms with Crippen LogP contribution < -0.4 is 10.5 Å². The molecule has 3 heteroatoms. The molecule has 0 aliphatic carbocycles. The first-order chi connectivity index (χ1) is 6.67. The maximum absolute atomic E-state index is 7.20. The van der Waals surface area contributed by atoms with Crippen LogP contribution in [0.2, 0.25) is 0 Å². The van der Waals surface area contributed by atoms with Crippen molar-refractivity contribution in [3.8, 4) is 5.75 Å². The molecule has 0 aromatic heterocycles. The average molecular weight is 192 g/mol. The predicted molar refractivity (Wildman–Crippen MR) is 58.0 cm³/mol. The van der Waals surface area contributed by atoms with E-state index in [1.165, 1.54) is 0 Å². The molecule has 0 radical (unpaired) electrons. The summed E-state index contributed by atoms with van der Waals surface area (Å²) in [7, 11) is 1.67. The quantitative estimate of drug-likeness (QED) is 0.564. The van der Waals surface area contributed by atoms with E-state index in [9.17, 15) is 0 Å². The zero-order valence-corrected chi connectivity index (χ0v) is 8.63. The van der Waals surface area contributed by atoms with E-state index >= 15 is 0 Å². The maximum Gasteiger partial charge on any atom is 0.122 e. The number of methoxy groups -OCH3 is 1. The summed E-state index contributed by atoms with van der Waals surface area (Å²) in [6, 6.07) is 5.91. The lowest BCUT2D eigenvalue weighted by molar-refractivity contribution is 0.410. The minimum Gasteiger partial charge on any atom is -0.496 e. The van der Waals surface area contributed by atoms with Gasteiger partial charge in [0.2, 0.25) is 0 Å². The van der Waals surface area contributed by atoms with Gasteiger partial charge in [-0.05, 0) is 23.6 Å². The normalized spacial score (nSPS) is 9.86. The minimum absolute atomic E-state index is 0.192. The molecule has 76 valence electrons. The number of ether oxygens (including phenoxy) is 1. The van der Waals surface area contributed by atoms with Crippen molar-refractivity contribution in [2.75, 3.05) is 7.11 Å². The number of hydrogen-bond acceptors (Lipinski definition) is 2. The molecule has 0 saturated heterocycles. The highest BCUT2D eigenvalue weighted by Crippen LogP contribution is 2.20. The molecule has 0 unspecified atom stereocenters. The Bertz CT molecular complexity index is 334. The molecule has 0 aliphatic heterocycles. The number of benzene rings is 1. The third-order valence-corrected chi connectivity index (χ3v) is 2.12. The Morgan fingerprint density at radius 1 is 1.50 bits per heavy atom. The van der Waals surface area contributed by atoms with Crippen molar-refractivity contribution in [3.05, 3.63) is 29.3 Å². The third kappa shape index (κ3) is 2.49. The van der Waals surface area contributed by atoms with Crippen molar-refractivity contribution in [1.29, 1.82) is 5.41 Å². The van der Waals surface area contributed by atoms with Gasteiger partial charge in [-0.15, -0.1) is 0 Å². The molecule has 0 bridgehead atoms. The molecule has 1 rings (SSSR count). The molecule has 3 nitrogen and oxygen atoms in total. The summed E-state index contributed by atoms with van der Waals surface area (Å²) in [5.41, 5.74) is 7.56. The summed E-state index contributed by atoms with van der Waals surface area (Å²) < 4.78 is 5.21. The minimum atomic E-state index is 0.192. The highest BCUT2D eigenvalue weighted by Gasteiger charge is 2.02. The van der Waals surface area contributed by atoms with Crippen LogP contribution >= 0.6 is 0 Å². The molecule has 0 heterocycles. The average Bonchev–Trinajstić information content (AvgIpc) is 2.16. The fraction of sp³-hybridized carbons (Fsp3) is 0.364. The van der Waals surface area contributed by atoms with E-state index in [2.05, 4.69) is 6.92 Å². The van der Waals surface area contributed by atoms with Gasteiger partial charge in [-0.25, -0.2) is 0 Å². The molecule has 1 aromatic rings. The summed E-state index contributed by atoms with van der Waals surface area (Å²) >= 11 is 0. The maximum atomic E-state index is 7.20. The van der Waals surface area contributed by atoms with Gasteiger partial charge >= 0.3 is 0 Å².